The van der Waals surface area contributed by atoms with Gasteiger partial charge in [-0.25, -0.2) is 0 Å². The molecule has 0 saturated heterocycles. The highest BCUT2D eigenvalue weighted by molar-refractivity contribution is 8.03. The summed E-state index contributed by atoms with van der Waals surface area (Å²) in [5, 5.41) is 8.95. The van der Waals surface area contributed by atoms with E-state index >= 15 is 0 Å². The van der Waals surface area contributed by atoms with Gasteiger partial charge >= 0.3 is 0 Å². The van der Waals surface area contributed by atoms with E-state index in [4.69, 9.17) is 19.1 Å². The van der Waals surface area contributed by atoms with Crippen LogP contribution in [0.5, 0.6) is 0 Å². The van der Waals surface area contributed by atoms with Crippen molar-refractivity contribution in [3.8, 4) is 0 Å². The summed E-state index contributed by atoms with van der Waals surface area (Å²) < 4.78 is 24.0. The van der Waals surface area contributed by atoms with Crippen molar-refractivity contribution in [1.82, 2.24) is 4.90 Å². The summed E-state index contributed by atoms with van der Waals surface area (Å²) in [5.74, 6) is 1.01. The van der Waals surface area contributed by atoms with Crippen LogP contribution in [0.15, 0.2) is 40.9 Å². The van der Waals surface area contributed by atoms with E-state index in [1.54, 1.807) is 0 Å². The molecule has 1 aromatic carbocycles. The molecule has 5 nitrogen and oxygen atoms in total. The summed E-state index contributed by atoms with van der Waals surface area (Å²) in [7, 11) is -2.60. The Morgan fingerprint density at radius 2 is 1.90 bits per heavy atom. The van der Waals surface area contributed by atoms with Gasteiger partial charge in [-0.15, -0.1) is 11.8 Å². The molecule has 1 heterocycles. The fourth-order valence-corrected chi connectivity index (χ4v) is 3.03. The van der Waals surface area contributed by atoms with Crippen molar-refractivity contribution in [1.29, 1.82) is 0 Å². The van der Waals surface area contributed by atoms with Gasteiger partial charge in [0.15, 0.2) is 0 Å². The van der Waals surface area contributed by atoms with Crippen molar-refractivity contribution in [2.24, 2.45) is 0 Å². The van der Waals surface area contributed by atoms with Crippen LogP contribution in [0.2, 0.25) is 0 Å². The molecule has 0 radical (unpaired) electrons. The molecule has 1 aliphatic rings. The number of nitrogens with zero attached hydrogens (tertiary/aromatic N) is 1. The molecule has 0 atom stereocenters. The molecule has 0 aromatic heterocycles. The van der Waals surface area contributed by atoms with Gasteiger partial charge in [-0.1, -0.05) is 30.3 Å². The number of hydrogen-bond acceptors (Lipinski definition) is 6. The van der Waals surface area contributed by atoms with Crippen molar-refractivity contribution in [3.63, 3.8) is 0 Å². The van der Waals surface area contributed by atoms with Crippen LogP contribution in [0.3, 0.4) is 0 Å². The lowest BCUT2D eigenvalue weighted by molar-refractivity contribution is -1.63. The largest absolute Gasteiger partial charge is 0.396 e. The Balaban J connectivity index is 0.000000444. The van der Waals surface area contributed by atoms with Gasteiger partial charge < -0.3 is 19.3 Å². The number of benzene rings is 1. The molecule has 2 rings (SSSR count). The minimum Gasteiger partial charge on any atom is -0.396 e. The molecule has 1 aromatic rings. The first-order valence-corrected chi connectivity index (χ1v) is 7.95. The van der Waals surface area contributed by atoms with Gasteiger partial charge in [-0.2, -0.15) is 0 Å². The molecule has 7 heteroatoms. The maximum Gasteiger partial charge on any atom is 0.282 e. The highest BCUT2D eigenvalue weighted by Crippen LogP contribution is 2.34. The van der Waals surface area contributed by atoms with Crippen molar-refractivity contribution in [3.05, 3.63) is 46.5 Å². The molecule has 112 valence electrons. The summed E-state index contributed by atoms with van der Waals surface area (Å²) in [5.41, 5.74) is 2.66. The molecular weight excluding hydrogens is 302 g/mol. The number of rotatable bonds is 4. The van der Waals surface area contributed by atoms with E-state index in [2.05, 4.69) is 36.1 Å². The predicted octanol–water partition coefficient (Wildman–Crippen LogP) is -0.128. The topological polar surface area (TPSA) is 89.8 Å². The van der Waals surface area contributed by atoms with Crippen LogP contribution < -0.4 is 9.32 Å². The minimum atomic E-state index is -2.60. The molecule has 0 spiro atoms. The van der Waals surface area contributed by atoms with Crippen molar-refractivity contribution >= 4 is 11.8 Å². The van der Waals surface area contributed by atoms with Crippen molar-refractivity contribution < 1.29 is 29.9 Å². The molecular formula is C13H18ClNO4S. The molecule has 0 fully saturated rings. The van der Waals surface area contributed by atoms with Crippen LogP contribution in [0, 0.1) is 10.8 Å². The molecule has 0 saturated carbocycles. The molecule has 0 bridgehead atoms. The maximum atomic E-state index is 8.95. The van der Waals surface area contributed by atoms with E-state index in [0.29, 0.717) is 0 Å². The van der Waals surface area contributed by atoms with Crippen LogP contribution in [0.25, 0.3) is 0 Å². The van der Waals surface area contributed by atoms with Crippen LogP contribution in [-0.4, -0.2) is 27.1 Å². The maximum absolute atomic E-state index is 8.95. The third-order valence-corrected chi connectivity index (χ3v) is 4.12. The molecule has 1 aliphatic heterocycles. The van der Waals surface area contributed by atoms with Crippen LogP contribution in [-0.2, 0) is 6.54 Å². The lowest BCUT2D eigenvalue weighted by Crippen LogP contribution is -2.30. The van der Waals surface area contributed by atoms with E-state index in [0.717, 1.165) is 18.8 Å². The van der Waals surface area contributed by atoms with Gasteiger partial charge in [-0.05, 0) is 12.5 Å². The zero-order valence-electron chi connectivity index (χ0n) is 11.2. The van der Waals surface area contributed by atoms with E-state index in [1.807, 2.05) is 17.8 Å². The van der Waals surface area contributed by atoms with Gasteiger partial charge in [0.05, 0.1) is 5.88 Å². The second kappa shape index (κ2) is 9.23. The SMILES string of the molecule is CC1=C(CCO)SCN1Cc1ccccc1.[O-][Cl+2]([O-])O. The van der Waals surface area contributed by atoms with Gasteiger partial charge in [0.1, 0.15) is 0 Å². The quantitative estimate of drug-likeness (QED) is 0.803. The Morgan fingerprint density at radius 1 is 1.30 bits per heavy atom. The lowest BCUT2D eigenvalue weighted by atomic mass is 10.2. The fourth-order valence-electron chi connectivity index (χ4n) is 1.86. The van der Waals surface area contributed by atoms with Crippen LogP contribution in [0.4, 0.5) is 0 Å². The predicted molar refractivity (Wildman–Crippen MR) is 71.1 cm³/mol. The third kappa shape index (κ3) is 6.13. The standard InChI is InChI=1S/C13H17NOS.ClHO3/c1-11-13(7-8-15)16-10-14(11)9-12-5-3-2-4-6-12;2-1(3)4/h2-6,15H,7-10H2,1H3;2H. The number of aliphatic hydroxyl groups is 1. The minimum absolute atomic E-state index is 0.249. The smallest absolute Gasteiger partial charge is 0.282 e. The average Bonchev–Trinajstić information content (AvgIpc) is 2.73. The van der Waals surface area contributed by atoms with Gasteiger partial charge in [0.25, 0.3) is 10.8 Å². The highest BCUT2D eigenvalue weighted by Gasteiger charge is 2.18. The molecule has 2 N–H and O–H groups in total. The second-order valence-corrected chi connectivity index (χ2v) is 5.58. The number of aliphatic hydroxyl groups excluding tert-OH is 1. The Kier molecular flexibility index (Phi) is 7.98. The van der Waals surface area contributed by atoms with Gasteiger partial charge in [-0.3, -0.25) is 0 Å². The number of halogens is 1. The number of allylic oxidation sites excluding steroid dienone is 1. The second-order valence-electron chi connectivity index (χ2n) is 4.14. The molecule has 0 aliphatic carbocycles. The fraction of sp³-hybridized carbons (Fsp3) is 0.385. The molecule has 0 amide bonds. The highest BCUT2D eigenvalue weighted by atomic mass is 35.6. The first-order valence-electron chi connectivity index (χ1n) is 6.01. The van der Waals surface area contributed by atoms with Crippen molar-refractivity contribution in [2.75, 3.05) is 12.5 Å². The van der Waals surface area contributed by atoms with E-state index in [9.17, 15) is 0 Å². The average molecular weight is 320 g/mol. The Bertz CT molecular complexity index is 425. The molecule has 0 unspecified atom stereocenters. The Hall–Kier alpha value is -0.760. The summed E-state index contributed by atoms with van der Waals surface area (Å²) in [6.07, 6.45) is 0.793. The van der Waals surface area contributed by atoms with Crippen LogP contribution >= 0.6 is 11.8 Å². The molecule has 20 heavy (non-hydrogen) atoms. The van der Waals surface area contributed by atoms with Gasteiger partial charge in [0.2, 0.25) is 0 Å². The lowest BCUT2D eigenvalue weighted by Gasteiger charge is -2.19. The normalized spacial score (nSPS) is 14.6. The monoisotopic (exact) mass is 319 g/mol. The van der Waals surface area contributed by atoms with Crippen LogP contribution in [0.1, 0.15) is 18.9 Å². The van der Waals surface area contributed by atoms with E-state index in [-0.39, 0.29) is 6.61 Å². The third-order valence-electron chi connectivity index (χ3n) is 2.83. The van der Waals surface area contributed by atoms with E-state index in [1.165, 1.54) is 16.2 Å². The number of hydrogen-bond donors (Lipinski definition) is 2. The zero-order chi connectivity index (χ0) is 15.0. The number of thioether (sulfide) groups is 1. The summed E-state index contributed by atoms with van der Waals surface area (Å²) in [4.78, 5) is 3.70. The summed E-state index contributed by atoms with van der Waals surface area (Å²) >= 11 is 1.85. The zero-order valence-corrected chi connectivity index (χ0v) is 12.7. The van der Waals surface area contributed by atoms with Gasteiger partial charge in [0, 0.05) is 34.8 Å². The Morgan fingerprint density at radius 3 is 2.45 bits per heavy atom. The first-order chi connectivity index (χ1) is 9.54. The summed E-state index contributed by atoms with van der Waals surface area (Å²) in [6.45, 7) is 3.36. The Labute approximate surface area is 125 Å². The first kappa shape index (κ1) is 17.3. The van der Waals surface area contributed by atoms with E-state index < -0.39 is 10.8 Å². The summed E-state index contributed by atoms with van der Waals surface area (Å²) in [6, 6.07) is 10.5. The van der Waals surface area contributed by atoms with Crippen molar-refractivity contribution in [2.45, 2.75) is 19.9 Å².